The zero-order valence-corrected chi connectivity index (χ0v) is 11.9. The third-order valence-corrected chi connectivity index (χ3v) is 2.98. The lowest BCUT2D eigenvalue weighted by Gasteiger charge is -2.12. The molecule has 1 aromatic rings. The van der Waals surface area contributed by atoms with Gasteiger partial charge in [-0.3, -0.25) is 9.36 Å². The van der Waals surface area contributed by atoms with E-state index in [9.17, 15) is 14.9 Å². The van der Waals surface area contributed by atoms with Crippen molar-refractivity contribution in [2.75, 3.05) is 0 Å². The number of rotatable bonds is 9. The Hall–Kier alpha value is -1.92. The lowest BCUT2D eigenvalue weighted by atomic mass is 10.1. The van der Waals surface area contributed by atoms with Gasteiger partial charge in [0, 0.05) is 6.42 Å². The van der Waals surface area contributed by atoms with Gasteiger partial charge in [-0.15, -0.1) is 0 Å². The minimum absolute atomic E-state index is 0.257. The highest BCUT2D eigenvalue weighted by atomic mass is 16.6. The molecule has 0 aromatic carbocycles. The first kappa shape index (κ1) is 16.1. The zero-order chi connectivity index (χ0) is 15.0. The summed E-state index contributed by atoms with van der Waals surface area (Å²) in [5.74, 6) is -0.544. The van der Waals surface area contributed by atoms with Gasteiger partial charge in [0.15, 0.2) is 6.23 Å². The molecule has 0 amide bonds. The Morgan fingerprint density at radius 1 is 1.45 bits per heavy atom. The number of carbonyl (C=O) groups is 1. The van der Waals surface area contributed by atoms with E-state index in [-0.39, 0.29) is 11.8 Å². The second kappa shape index (κ2) is 8.29. The van der Waals surface area contributed by atoms with Crippen molar-refractivity contribution in [3.63, 3.8) is 0 Å². The van der Waals surface area contributed by atoms with Crippen LogP contribution in [-0.2, 0) is 9.53 Å². The Kier molecular flexibility index (Phi) is 6.69. The third kappa shape index (κ3) is 5.38. The molecule has 0 saturated carbocycles. The van der Waals surface area contributed by atoms with Crippen LogP contribution in [0.25, 0.3) is 0 Å². The van der Waals surface area contributed by atoms with Crippen LogP contribution in [0.4, 0.5) is 5.82 Å². The van der Waals surface area contributed by atoms with Crippen molar-refractivity contribution in [2.24, 2.45) is 0 Å². The van der Waals surface area contributed by atoms with E-state index in [0.29, 0.717) is 6.42 Å². The molecule has 7 nitrogen and oxygen atoms in total. The Labute approximate surface area is 118 Å². The minimum Gasteiger partial charge on any atom is -0.441 e. The highest BCUT2D eigenvalue weighted by Crippen LogP contribution is 2.14. The largest absolute Gasteiger partial charge is 0.441 e. The molecule has 1 aromatic heterocycles. The van der Waals surface area contributed by atoms with Crippen molar-refractivity contribution in [1.82, 2.24) is 9.55 Å². The van der Waals surface area contributed by atoms with Gasteiger partial charge in [0.25, 0.3) is 0 Å². The Balaban J connectivity index is 2.31. The molecule has 0 radical (unpaired) electrons. The number of nitrogens with zero attached hydrogens (tertiary/aromatic N) is 3. The van der Waals surface area contributed by atoms with Crippen molar-refractivity contribution >= 4 is 11.8 Å². The summed E-state index contributed by atoms with van der Waals surface area (Å²) < 4.78 is 6.61. The van der Waals surface area contributed by atoms with Crippen LogP contribution >= 0.6 is 0 Å². The fourth-order valence-electron chi connectivity index (χ4n) is 1.80. The van der Waals surface area contributed by atoms with Crippen molar-refractivity contribution < 1.29 is 14.5 Å². The van der Waals surface area contributed by atoms with E-state index in [1.54, 1.807) is 6.92 Å². The molecule has 0 saturated heterocycles. The predicted molar refractivity (Wildman–Crippen MR) is 73.1 cm³/mol. The lowest BCUT2D eigenvalue weighted by Crippen LogP contribution is -2.13. The molecular formula is C13H21N3O4. The molecule has 1 unspecified atom stereocenters. The first-order valence-corrected chi connectivity index (χ1v) is 6.92. The molecule has 0 aliphatic heterocycles. The molecule has 0 bridgehead atoms. The number of imidazole rings is 1. The first-order valence-electron chi connectivity index (χ1n) is 6.92. The fourth-order valence-corrected chi connectivity index (χ4v) is 1.80. The number of hydrogen-bond acceptors (Lipinski definition) is 5. The summed E-state index contributed by atoms with van der Waals surface area (Å²) in [4.78, 5) is 25.1. The van der Waals surface area contributed by atoms with Crippen LogP contribution in [0.5, 0.6) is 0 Å². The molecule has 0 N–H and O–H groups in total. The molecule has 0 fully saturated rings. The number of unbranched alkanes of at least 4 members (excludes halogenated alkanes) is 4. The third-order valence-electron chi connectivity index (χ3n) is 2.98. The Morgan fingerprint density at radius 2 is 2.15 bits per heavy atom. The quantitative estimate of drug-likeness (QED) is 0.300. The van der Waals surface area contributed by atoms with Crippen molar-refractivity contribution in [2.45, 2.75) is 58.6 Å². The highest BCUT2D eigenvalue weighted by Gasteiger charge is 2.16. The van der Waals surface area contributed by atoms with E-state index in [1.165, 1.54) is 29.9 Å². The van der Waals surface area contributed by atoms with E-state index >= 15 is 0 Å². The highest BCUT2D eigenvalue weighted by molar-refractivity contribution is 5.69. The van der Waals surface area contributed by atoms with Gasteiger partial charge in [-0.2, -0.15) is 0 Å². The SMILES string of the molecule is CCCCCCCC(=O)OC(C)n1cnc([N+](=O)[O-])c1. The summed E-state index contributed by atoms with van der Waals surface area (Å²) in [5.41, 5.74) is 0. The molecule has 0 spiro atoms. The first-order chi connectivity index (χ1) is 9.54. The van der Waals surface area contributed by atoms with Crippen molar-refractivity contribution in [1.29, 1.82) is 0 Å². The topological polar surface area (TPSA) is 87.3 Å². The van der Waals surface area contributed by atoms with Gasteiger partial charge in [0.2, 0.25) is 6.33 Å². The maximum Gasteiger partial charge on any atom is 0.381 e. The van der Waals surface area contributed by atoms with Gasteiger partial charge >= 0.3 is 11.8 Å². The molecule has 0 aliphatic rings. The van der Waals surface area contributed by atoms with Crippen LogP contribution in [0, 0.1) is 10.1 Å². The van der Waals surface area contributed by atoms with Crippen LogP contribution in [0.15, 0.2) is 12.5 Å². The number of aromatic nitrogens is 2. The lowest BCUT2D eigenvalue weighted by molar-refractivity contribution is -0.389. The average Bonchev–Trinajstić information content (AvgIpc) is 2.88. The fraction of sp³-hybridized carbons (Fsp3) is 0.692. The van der Waals surface area contributed by atoms with Gasteiger partial charge in [-0.05, 0) is 23.3 Å². The van der Waals surface area contributed by atoms with Gasteiger partial charge in [0.05, 0.1) is 0 Å². The summed E-state index contributed by atoms with van der Waals surface area (Å²) in [7, 11) is 0. The summed E-state index contributed by atoms with van der Waals surface area (Å²) in [6.45, 7) is 3.79. The maximum atomic E-state index is 11.6. The van der Waals surface area contributed by atoms with Gasteiger partial charge in [0.1, 0.15) is 6.20 Å². The van der Waals surface area contributed by atoms with Crippen molar-refractivity contribution in [3.05, 3.63) is 22.6 Å². The summed E-state index contributed by atoms with van der Waals surface area (Å²) >= 11 is 0. The molecule has 112 valence electrons. The Morgan fingerprint density at radius 3 is 2.75 bits per heavy atom. The number of nitro groups is 1. The second-order valence-corrected chi connectivity index (χ2v) is 4.69. The number of esters is 1. The van der Waals surface area contributed by atoms with Crippen LogP contribution in [0.2, 0.25) is 0 Å². The standard InChI is InChI=1S/C13H21N3O4/c1-3-4-5-6-7-8-13(17)20-11(2)15-9-12(14-10-15)16(18)19/h9-11H,3-8H2,1-2H3. The van der Waals surface area contributed by atoms with Crippen LogP contribution in [0.1, 0.15) is 58.6 Å². The van der Waals surface area contributed by atoms with Gasteiger partial charge < -0.3 is 14.9 Å². The van der Waals surface area contributed by atoms with E-state index in [2.05, 4.69) is 11.9 Å². The normalized spacial score (nSPS) is 12.1. The maximum absolute atomic E-state index is 11.6. The van der Waals surface area contributed by atoms with Crippen LogP contribution in [0.3, 0.4) is 0 Å². The second-order valence-electron chi connectivity index (χ2n) is 4.69. The predicted octanol–water partition coefficient (Wildman–Crippen LogP) is 3.21. The van der Waals surface area contributed by atoms with E-state index in [1.807, 2.05) is 0 Å². The van der Waals surface area contributed by atoms with E-state index < -0.39 is 11.2 Å². The van der Waals surface area contributed by atoms with Gasteiger partial charge in [-0.1, -0.05) is 32.6 Å². The summed E-state index contributed by atoms with van der Waals surface area (Å²) in [5, 5.41) is 10.5. The van der Waals surface area contributed by atoms with E-state index in [0.717, 1.165) is 19.3 Å². The average molecular weight is 283 g/mol. The van der Waals surface area contributed by atoms with Crippen LogP contribution in [-0.4, -0.2) is 20.4 Å². The molecule has 20 heavy (non-hydrogen) atoms. The minimum atomic E-state index is -0.585. The number of hydrogen-bond donors (Lipinski definition) is 0. The molecule has 1 rings (SSSR count). The number of ether oxygens (including phenoxy) is 1. The Bertz CT molecular complexity index is 445. The van der Waals surface area contributed by atoms with E-state index in [4.69, 9.17) is 4.74 Å². The molecular weight excluding hydrogens is 262 g/mol. The molecule has 1 heterocycles. The molecule has 1 atom stereocenters. The zero-order valence-electron chi connectivity index (χ0n) is 11.9. The monoisotopic (exact) mass is 283 g/mol. The summed E-state index contributed by atoms with van der Waals surface area (Å²) in [6, 6.07) is 0. The molecule has 7 heteroatoms. The summed E-state index contributed by atoms with van der Waals surface area (Å²) in [6.07, 6.45) is 7.66. The molecule has 0 aliphatic carbocycles. The van der Waals surface area contributed by atoms with Crippen LogP contribution < -0.4 is 0 Å². The number of carbonyl (C=O) groups excluding carboxylic acids is 1. The smallest absolute Gasteiger partial charge is 0.381 e. The van der Waals surface area contributed by atoms with Crippen molar-refractivity contribution in [3.8, 4) is 0 Å². The van der Waals surface area contributed by atoms with Gasteiger partial charge in [-0.25, -0.2) is 0 Å².